The lowest BCUT2D eigenvalue weighted by molar-refractivity contribution is -0.115. The van der Waals surface area contributed by atoms with Gasteiger partial charge in [0.15, 0.2) is 0 Å². The second-order valence-corrected chi connectivity index (χ2v) is 5.18. The average Bonchev–Trinajstić information content (AvgIpc) is 2.80. The molecule has 0 fully saturated rings. The number of nitrogens with one attached hydrogen (secondary N) is 1. The molecule has 0 unspecified atom stereocenters. The Hall–Kier alpha value is -2.02. The zero-order valence-corrected chi connectivity index (χ0v) is 11.7. The average molecular weight is 295 g/mol. The number of hydrogen-bond acceptors (Lipinski definition) is 5. The third-order valence-corrected chi connectivity index (χ3v) is 3.28. The second kappa shape index (κ2) is 6.42. The number of aromatic nitrogens is 1. The fourth-order valence-electron chi connectivity index (χ4n) is 1.47. The maximum Gasteiger partial charge on any atom is 0.255 e. The number of hydrogen-bond donors (Lipinski definition) is 2. The molecule has 7 heteroatoms. The summed E-state index contributed by atoms with van der Waals surface area (Å²) in [6, 6.07) is 4.07. The van der Waals surface area contributed by atoms with Crippen molar-refractivity contribution >= 4 is 29.0 Å². The number of nitrogens with two attached hydrogens (primary N) is 1. The van der Waals surface area contributed by atoms with E-state index in [0.29, 0.717) is 23.1 Å². The van der Waals surface area contributed by atoms with E-state index in [-0.39, 0.29) is 11.6 Å². The lowest BCUT2D eigenvalue weighted by Gasteiger charge is -2.05. The summed E-state index contributed by atoms with van der Waals surface area (Å²) >= 11 is 1.36. The van der Waals surface area contributed by atoms with Crippen LogP contribution in [-0.4, -0.2) is 16.6 Å². The predicted molar refractivity (Wildman–Crippen MR) is 76.0 cm³/mol. The van der Waals surface area contributed by atoms with Crippen LogP contribution in [0, 0.1) is 12.7 Å². The molecule has 0 saturated heterocycles. The number of oxazole rings is 1. The number of benzene rings is 1. The van der Waals surface area contributed by atoms with E-state index >= 15 is 0 Å². The van der Waals surface area contributed by atoms with Gasteiger partial charge in [-0.15, -0.1) is 0 Å². The summed E-state index contributed by atoms with van der Waals surface area (Å²) in [5.74, 6) is -0.132. The maximum atomic E-state index is 13.0. The van der Waals surface area contributed by atoms with Gasteiger partial charge in [0.1, 0.15) is 12.1 Å². The number of thioether (sulfide) groups is 1. The fraction of sp³-hybridized carbons (Fsp3) is 0.231. The van der Waals surface area contributed by atoms with Crippen LogP contribution in [0.2, 0.25) is 0 Å². The first-order valence-electron chi connectivity index (χ1n) is 5.94. The predicted octanol–water partition coefficient (Wildman–Crippen LogP) is 2.83. The van der Waals surface area contributed by atoms with Gasteiger partial charge in [0, 0.05) is 17.9 Å². The number of amides is 1. The van der Waals surface area contributed by atoms with Gasteiger partial charge < -0.3 is 15.5 Å². The first-order chi connectivity index (χ1) is 9.54. The summed E-state index contributed by atoms with van der Waals surface area (Å²) in [4.78, 5) is 15.8. The zero-order chi connectivity index (χ0) is 14.5. The third-order valence-electron chi connectivity index (χ3n) is 2.43. The smallest absolute Gasteiger partial charge is 0.255 e. The number of aryl methyl sites for hydroxylation is 1. The molecule has 3 N–H and O–H groups in total. The lowest BCUT2D eigenvalue weighted by atomic mass is 10.2. The van der Waals surface area contributed by atoms with Gasteiger partial charge in [-0.25, -0.2) is 9.37 Å². The molecular formula is C13H14FN3O2S. The largest absolute Gasteiger partial charge is 0.440 e. The lowest BCUT2D eigenvalue weighted by Crippen LogP contribution is -2.12. The topological polar surface area (TPSA) is 81.2 Å². The van der Waals surface area contributed by atoms with Crippen molar-refractivity contribution in [1.29, 1.82) is 0 Å². The van der Waals surface area contributed by atoms with Crippen LogP contribution in [0.15, 0.2) is 34.1 Å². The van der Waals surface area contributed by atoms with Crippen LogP contribution < -0.4 is 11.1 Å². The van der Waals surface area contributed by atoms with Crippen molar-refractivity contribution in [2.75, 3.05) is 16.8 Å². The normalized spacial score (nSPS) is 10.5. The van der Waals surface area contributed by atoms with Gasteiger partial charge >= 0.3 is 0 Å². The van der Waals surface area contributed by atoms with Gasteiger partial charge in [0.25, 0.3) is 5.22 Å². The highest BCUT2D eigenvalue weighted by atomic mass is 32.2. The van der Waals surface area contributed by atoms with Crippen molar-refractivity contribution in [1.82, 2.24) is 4.98 Å². The van der Waals surface area contributed by atoms with E-state index in [1.54, 1.807) is 6.26 Å². The molecule has 0 atom stereocenters. The van der Waals surface area contributed by atoms with E-state index in [4.69, 9.17) is 10.2 Å². The van der Waals surface area contributed by atoms with Crippen molar-refractivity contribution in [3.05, 3.63) is 36.0 Å². The molecule has 20 heavy (non-hydrogen) atoms. The van der Waals surface area contributed by atoms with Crippen LogP contribution in [0.3, 0.4) is 0 Å². The van der Waals surface area contributed by atoms with Gasteiger partial charge in [-0.05, 0) is 25.1 Å². The van der Waals surface area contributed by atoms with Crippen molar-refractivity contribution in [2.45, 2.75) is 18.6 Å². The Morgan fingerprint density at radius 1 is 1.55 bits per heavy atom. The number of nitrogens with zero attached hydrogens (tertiary/aromatic N) is 1. The van der Waals surface area contributed by atoms with Crippen molar-refractivity contribution in [2.24, 2.45) is 0 Å². The minimum absolute atomic E-state index is 0.00688. The minimum Gasteiger partial charge on any atom is -0.440 e. The van der Waals surface area contributed by atoms with Crippen molar-refractivity contribution in [3.63, 3.8) is 0 Å². The number of anilines is 2. The number of nitrogen functional groups attached to an aromatic ring is 1. The van der Waals surface area contributed by atoms with Crippen LogP contribution in [-0.2, 0) is 4.79 Å². The SMILES string of the molecule is Cc1coc(SCCC(=O)Nc2ccc(F)c(N)c2)n1. The Morgan fingerprint density at radius 2 is 2.35 bits per heavy atom. The first kappa shape index (κ1) is 14.4. The van der Waals surface area contributed by atoms with Crippen LogP contribution in [0.25, 0.3) is 0 Å². The van der Waals surface area contributed by atoms with E-state index in [2.05, 4.69) is 10.3 Å². The first-order valence-corrected chi connectivity index (χ1v) is 6.93. The van der Waals surface area contributed by atoms with E-state index < -0.39 is 5.82 Å². The summed E-state index contributed by atoms with van der Waals surface area (Å²) in [6.07, 6.45) is 1.85. The van der Waals surface area contributed by atoms with Crippen molar-refractivity contribution in [3.8, 4) is 0 Å². The van der Waals surface area contributed by atoms with E-state index in [1.165, 1.54) is 30.0 Å². The van der Waals surface area contributed by atoms with Gasteiger partial charge in [0.2, 0.25) is 5.91 Å². The summed E-state index contributed by atoms with van der Waals surface area (Å²) in [7, 11) is 0. The molecule has 106 valence electrons. The molecule has 1 heterocycles. The molecule has 1 aromatic carbocycles. The molecule has 0 radical (unpaired) electrons. The van der Waals surface area contributed by atoms with Gasteiger partial charge in [-0.2, -0.15) is 0 Å². The summed E-state index contributed by atoms with van der Waals surface area (Å²) in [6.45, 7) is 1.83. The van der Waals surface area contributed by atoms with Gasteiger partial charge in [-0.1, -0.05) is 11.8 Å². The maximum absolute atomic E-state index is 13.0. The van der Waals surface area contributed by atoms with E-state index in [1.807, 2.05) is 6.92 Å². The fourth-order valence-corrected chi connectivity index (χ4v) is 2.26. The molecule has 2 aromatic rings. The zero-order valence-electron chi connectivity index (χ0n) is 10.9. The second-order valence-electron chi connectivity index (χ2n) is 4.14. The Labute approximate surface area is 119 Å². The van der Waals surface area contributed by atoms with Crippen LogP contribution in [0.5, 0.6) is 0 Å². The quantitative estimate of drug-likeness (QED) is 0.655. The molecule has 0 aliphatic carbocycles. The monoisotopic (exact) mass is 295 g/mol. The van der Waals surface area contributed by atoms with E-state index in [9.17, 15) is 9.18 Å². The van der Waals surface area contributed by atoms with Crippen LogP contribution in [0.4, 0.5) is 15.8 Å². The highest BCUT2D eigenvalue weighted by molar-refractivity contribution is 7.99. The Balaban J connectivity index is 1.79. The van der Waals surface area contributed by atoms with Gasteiger partial charge in [-0.3, -0.25) is 4.79 Å². The summed E-state index contributed by atoms with van der Waals surface area (Å²) < 4.78 is 18.1. The molecule has 1 aromatic heterocycles. The third kappa shape index (κ3) is 3.99. The molecule has 1 amide bonds. The Bertz CT molecular complexity index is 615. The molecule has 5 nitrogen and oxygen atoms in total. The van der Waals surface area contributed by atoms with Crippen LogP contribution >= 0.6 is 11.8 Å². The highest BCUT2D eigenvalue weighted by Gasteiger charge is 2.07. The standard InChI is InChI=1S/C13H14FN3O2S/c1-8-7-19-13(16-8)20-5-4-12(18)17-9-2-3-10(14)11(15)6-9/h2-3,6-7H,4-5,15H2,1H3,(H,17,18). The molecule has 0 aliphatic rings. The molecular weight excluding hydrogens is 281 g/mol. The Morgan fingerprint density at radius 3 is 3.00 bits per heavy atom. The minimum atomic E-state index is -0.502. The highest BCUT2D eigenvalue weighted by Crippen LogP contribution is 2.19. The number of rotatable bonds is 5. The number of carbonyl (C=O) groups is 1. The summed E-state index contributed by atoms with van der Waals surface area (Å²) in [5, 5.41) is 3.19. The molecule has 0 bridgehead atoms. The van der Waals surface area contributed by atoms with Gasteiger partial charge in [0.05, 0.1) is 11.4 Å². The molecule has 0 aliphatic heterocycles. The van der Waals surface area contributed by atoms with E-state index in [0.717, 1.165) is 5.69 Å². The summed E-state index contributed by atoms with van der Waals surface area (Å²) in [5.41, 5.74) is 6.71. The van der Waals surface area contributed by atoms with Crippen LogP contribution in [0.1, 0.15) is 12.1 Å². The number of halogens is 1. The number of carbonyl (C=O) groups excluding carboxylic acids is 1. The van der Waals surface area contributed by atoms with Crippen molar-refractivity contribution < 1.29 is 13.6 Å². The molecule has 0 spiro atoms. The molecule has 2 rings (SSSR count). The molecule has 0 saturated carbocycles. The Kier molecular flexibility index (Phi) is 4.62.